The molecular formula is C29H31N5O2. The van der Waals surface area contributed by atoms with Gasteiger partial charge in [0, 0.05) is 23.0 Å². The van der Waals surface area contributed by atoms with Crippen molar-refractivity contribution in [3.63, 3.8) is 0 Å². The van der Waals surface area contributed by atoms with Crippen LogP contribution in [0.4, 0.5) is 16.3 Å². The predicted octanol–water partition coefficient (Wildman–Crippen LogP) is 4.54. The van der Waals surface area contributed by atoms with Crippen molar-refractivity contribution in [1.29, 1.82) is 0 Å². The fourth-order valence-corrected chi connectivity index (χ4v) is 6.29. The fourth-order valence-electron chi connectivity index (χ4n) is 6.29. The largest absolute Gasteiger partial charge is 0.330 e. The van der Waals surface area contributed by atoms with Crippen LogP contribution in [0.15, 0.2) is 66.9 Å². The molecule has 7 nitrogen and oxygen atoms in total. The zero-order chi connectivity index (χ0) is 24.9. The van der Waals surface area contributed by atoms with Gasteiger partial charge < -0.3 is 10.6 Å². The molecule has 2 aliphatic heterocycles. The third-order valence-corrected chi connectivity index (χ3v) is 8.40. The van der Waals surface area contributed by atoms with Crippen molar-refractivity contribution >= 4 is 23.4 Å². The van der Waals surface area contributed by atoms with E-state index >= 15 is 0 Å². The van der Waals surface area contributed by atoms with E-state index in [0.717, 1.165) is 48.1 Å². The second-order valence-corrected chi connectivity index (χ2v) is 10.6. The zero-order valence-corrected chi connectivity index (χ0v) is 20.8. The summed E-state index contributed by atoms with van der Waals surface area (Å²) in [7, 11) is 4.31. The van der Waals surface area contributed by atoms with E-state index in [1.165, 1.54) is 5.56 Å². The van der Waals surface area contributed by atoms with Gasteiger partial charge in [0.1, 0.15) is 5.82 Å². The summed E-state index contributed by atoms with van der Waals surface area (Å²) in [6.45, 7) is 0.621. The lowest BCUT2D eigenvalue weighted by Gasteiger charge is -2.48. The van der Waals surface area contributed by atoms with Crippen LogP contribution in [0.25, 0.3) is 11.1 Å². The van der Waals surface area contributed by atoms with Crippen LogP contribution in [0.5, 0.6) is 0 Å². The molecule has 1 aliphatic carbocycles. The third-order valence-electron chi connectivity index (χ3n) is 8.40. The van der Waals surface area contributed by atoms with E-state index in [1.807, 2.05) is 30.3 Å². The maximum Gasteiger partial charge on any atom is 0.323 e. The molecule has 0 radical (unpaired) electrons. The standard InChI is InChI=1S/C29H31N5O2/c1-33(2)29(21-7-4-3-5-8-21)15-13-28(14-16-29)19-34(27(36)32-28)25-12-11-20(18-30-25)22-9-6-10-24-23(22)17-26(35)31-24/h3-12,18H,13-17,19H2,1-2H3,(H,31,35)(H,32,36). The second kappa shape index (κ2) is 8.45. The Morgan fingerprint density at radius 3 is 2.39 bits per heavy atom. The molecule has 2 fully saturated rings. The number of hydrogen-bond donors (Lipinski definition) is 2. The number of anilines is 2. The summed E-state index contributed by atoms with van der Waals surface area (Å²) >= 11 is 0. The molecule has 1 aromatic heterocycles. The van der Waals surface area contributed by atoms with Crippen LogP contribution in [0, 0.1) is 0 Å². The molecule has 3 aliphatic rings. The van der Waals surface area contributed by atoms with Gasteiger partial charge in [-0.25, -0.2) is 9.78 Å². The average molecular weight is 482 g/mol. The maximum absolute atomic E-state index is 13.1. The lowest BCUT2D eigenvalue weighted by atomic mass is 9.69. The number of carbonyl (C=O) groups is 2. The Labute approximate surface area is 211 Å². The van der Waals surface area contributed by atoms with Gasteiger partial charge in [0.2, 0.25) is 5.91 Å². The van der Waals surface area contributed by atoms with Crippen molar-refractivity contribution in [3.05, 3.63) is 78.0 Å². The zero-order valence-electron chi connectivity index (χ0n) is 20.8. The molecule has 0 atom stereocenters. The Kier molecular flexibility index (Phi) is 5.34. The van der Waals surface area contributed by atoms with Gasteiger partial charge in [-0.15, -0.1) is 0 Å². The van der Waals surface area contributed by atoms with E-state index in [-0.39, 0.29) is 23.0 Å². The monoisotopic (exact) mass is 481 g/mol. The molecule has 2 N–H and O–H groups in total. The number of aromatic nitrogens is 1. The molecule has 3 amide bonds. The topological polar surface area (TPSA) is 77.6 Å². The van der Waals surface area contributed by atoms with Gasteiger partial charge >= 0.3 is 6.03 Å². The lowest BCUT2D eigenvalue weighted by Crippen LogP contribution is -2.54. The molecule has 0 unspecified atom stereocenters. The first kappa shape index (κ1) is 22.7. The Bertz CT molecular complexity index is 1310. The first-order chi connectivity index (χ1) is 17.4. The van der Waals surface area contributed by atoms with Gasteiger partial charge in [-0.2, -0.15) is 0 Å². The summed E-state index contributed by atoms with van der Waals surface area (Å²) in [6.07, 6.45) is 5.98. The number of amides is 3. The van der Waals surface area contributed by atoms with Crippen LogP contribution < -0.4 is 15.5 Å². The smallest absolute Gasteiger partial charge is 0.323 e. The van der Waals surface area contributed by atoms with Crippen molar-refractivity contribution in [2.24, 2.45) is 0 Å². The van der Waals surface area contributed by atoms with Crippen LogP contribution in [0.2, 0.25) is 0 Å². The lowest BCUT2D eigenvalue weighted by molar-refractivity contribution is -0.115. The minimum atomic E-state index is -0.238. The summed E-state index contributed by atoms with van der Waals surface area (Å²) in [4.78, 5) is 33.7. The van der Waals surface area contributed by atoms with Gasteiger partial charge in [-0.05, 0) is 74.7 Å². The van der Waals surface area contributed by atoms with Crippen LogP contribution >= 0.6 is 0 Å². The highest BCUT2D eigenvalue weighted by molar-refractivity contribution is 6.02. The Morgan fingerprint density at radius 2 is 1.69 bits per heavy atom. The van der Waals surface area contributed by atoms with E-state index in [2.05, 4.69) is 64.9 Å². The summed E-state index contributed by atoms with van der Waals surface area (Å²) < 4.78 is 0. The Balaban J connectivity index is 1.20. The van der Waals surface area contributed by atoms with Gasteiger partial charge in [-0.3, -0.25) is 14.6 Å². The van der Waals surface area contributed by atoms with Crippen LogP contribution in [0.3, 0.4) is 0 Å². The molecule has 1 saturated carbocycles. The van der Waals surface area contributed by atoms with Gasteiger partial charge in [0.05, 0.1) is 18.5 Å². The minimum absolute atomic E-state index is 0.0131. The molecule has 3 heterocycles. The van der Waals surface area contributed by atoms with Gasteiger partial charge in [0.25, 0.3) is 0 Å². The number of hydrogen-bond acceptors (Lipinski definition) is 4. The van der Waals surface area contributed by atoms with E-state index in [9.17, 15) is 9.59 Å². The van der Waals surface area contributed by atoms with Gasteiger partial charge in [-0.1, -0.05) is 42.5 Å². The number of rotatable bonds is 4. The van der Waals surface area contributed by atoms with Crippen molar-refractivity contribution in [3.8, 4) is 11.1 Å². The highest BCUT2D eigenvalue weighted by Gasteiger charge is 2.50. The molecular weight excluding hydrogens is 450 g/mol. The number of nitrogens with zero attached hydrogens (tertiary/aromatic N) is 3. The molecule has 1 saturated heterocycles. The molecule has 7 heteroatoms. The number of urea groups is 1. The Hall–Kier alpha value is -3.71. The normalized spacial score (nSPS) is 25.2. The SMILES string of the molecule is CN(C)C1(c2ccccc2)CCC2(CC1)CN(c1ccc(-c3cccc4c3CC(=O)N4)cn1)C(=O)N2. The van der Waals surface area contributed by atoms with E-state index in [1.54, 1.807) is 11.1 Å². The number of benzene rings is 2. The first-order valence-electron chi connectivity index (χ1n) is 12.6. The summed E-state index contributed by atoms with van der Waals surface area (Å²) in [5.41, 5.74) is 4.89. The van der Waals surface area contributed by atoms with Crippen molar-refractivity contribution in [1.82, 2.24) is 15.2 Å². The summed E-state index contributed by atoms with van der Waals surface area (Å²) in [5.74, 6) is 0.668. The van der Waals surface area contributed by atoms with Crippen molar-refractivity contribution in [2.75, 3.05) is 30.9 Å². The average Bonchev–Trinajstić information content (AvgIpc) is 3.43. The molecule has 184 valence electrons. The van der Waals surface area contributed by atoms with Gasteiger partial charge in [0.15, 0.2) is 0 Å². The van der Waals surface area contributed by atoms with Crippen molar-refractivity contribution in [2.45, 2.75) is 43.2 Å². The quantitative estimate of drug-likeness (QED) is 0.574. The summed E-state index contributed by atoms with van der Waals surface area (Å²) in [5, 5.41) is 6.22. The minimum Gasteiger partial charge on any atom is -0.330 e. The van der Waals surface area contributed by atoms with E-state index in [4.69, 9.17) is 0 Å². The Morgan fingerprint density at radius 1 is 0.917 bits per heavy atom. The molecule has 36 heavy (non-hydrogen) atoms. The molecule has 6 rings (SSSR count). The third kappa shape index (κ3) is 3.66. The van der Waals surface area contributed by atoms with Crippen molar-refractivity contribution < 1.29 is 9.59 Å². The molecule has 0 bridgehead atoms. The number of fused-ring (bicyclic) bond motifs is 1. The van der Waals surface area contributed by atoms with E-state index < -0.39 is 0 Å². The highest BCUT2D eigenvalue weighted by atomic mass is 16.2. The number of carbonyl (C=O) groups excluding carboxylic acids is 2. The number of nitrogens with one attached hydrogen (secondary N) is 2. The first-order valence-corrected chi connectivity index (χ1v) is 12.6. The van der Waals surface area contributed by atoms with E-state index in [0.29, 0.717) is 18.8 Å². The van der Waals surface area contributed by atoms with Crippen LogP contribution in [-0.4, -0.2) is 48.0 Å². The van der Waals surface area contributed by atoms with Crippen LogP contribution in [-0.2, 0) is 16.8 Å². The molecule has 3 aromatic rings. The highest BCUT2D eigenvalue weighted by Crippen LogP contribution is 2.46. The molecule has 2 aromatic carbocycles. The number of pyridine rings is 1. The fraction of sp³-hybridized carbons (Fsp3) is 0.345. The summed E-state index contributed by atoms with van der Waals surface area (Å²) in [6, 6.07) is 20.4. The van der Waals surface area contributed by atoms with Crippen LogP contribution in [0.1, 0.15) is 36.8 Å². The second-order valence-electron chi connectivity index (χ2n) is 10.6. The molecule has 1 spiro atoms. The maximum atomic E-state index is 13.1. The predicted molar refractivity (Wildman–Crippen MR) is 141 cm³/mol.